The molecule has 2 heterocycles. The smallest absolute Gasteiger partial charge is 0.253 e. The summed E-state index contributed by atoms with van der Waals surface area (Å²) in [5.41, 5.74) is 10.9. The first kappa shape index (κ1) is 22.2. The molecule has 7 nitrogen and oxygen atoms in total. The molecule has 1 unspecified atom stereocenters. The zero-order valence-electron chi connectivity index (χ0n) is 18.7. The first-order valence-electron chi connectivity index (χ1n) is 11.3. The van der Waals surface area contributed by atoms with Gasteiger partial charge in [0.25, 0.3) is 5.91 Å². The van der Waals surface area contributed by atoms with Gasteiger partial charge in [0.15, 0.2) is 0 Å². The molecule has 0 aliphatic heterocycles. The molecular weight excluding hydrogens is 402 g/mol. The molecule has 32 heavy (non-hydrogen) atoms. The summed E-state index contributed by atoms with van der Waals surface area (Å²) in [6.45, 7) is 2.16. The van der Waals surface area contributed by atoms with E-state index in [4.69, 9.17) is 10.5 Å². The number of aromatic nitrogens is 3. The molecule has 168 valence electrons. The van der Waals surface area contributed by atoms with Gasteiger partial charge in [0.05, 0.1) is 23.9 Å². The normalized spacial score (nSPS) is 19.1. The van der Waals surface area contributed by atoms with Gasteiger partial charge in [0.2, 0.25) is 0 Å². The number of hydrogen-bond donors (Lipinski definition) is 2. The first-order valence-corrected chi connectivity index (χ1v) is 11.3. The van der Waals surface area contributed by atoms with E-state index in [2.05, 4.69) is 34.5 Å². The number of nitrogens with two attached hydrogens (primary N) is 1. The van der Waals surface area contributed by atoms with Crippen LogP contribution in [-0.4, -0.2) is 32.8 Å². The Kier molecular flexibility index (Phi) is 6.97. The van der Waals surface area contributed by atoms with Crippen LogP contribution in [0.2, 0.25) is 0 Å². The van der Waals surface area contributed by atoms with Crippen molar-refractivity contribution in [1.82, 2.24) is 20.1 Å². The summed E-state index contributed by atoms with van der Waals surface area (Å²) < 4.78 is 7.94. The maximum Gasteiger partial charge on any atom is 0.253 e. The lowest BCUT2D eigenvalue weighted by molar-refractivity contribution is -0.0188. The predicted molar refractivity (Wildman–Crippen MR) is 124 cm³/mol. The minimum Gasteiger partial charge on any atom is -0.354 e. The molecular formula is C25H31N5O2. The Balaban J connectivity index is 1.41. The lowest BCUT2D eigenvalue weighted by Gasteiger charge is -2.25. The molecule has 1 aliphatic carbocycles. The standard InChI is InChI=1S/C25H31N5O2/c1-3-6-17-7-4-8-18(11-17)24(26)32-23-10-5-9-22(23)29-25(31)20-12-19(13-27-14-20)21-15-28-30(2)16-21/h4,7-8,11-16,22-24H,3,5-6,9-10,26H2,1-2H3,(H,29,31)/t22-,23-,24?/m0/s1. The van der Waals surface area contributed by atoms with E-state index in [0.717, 1.165) is 48.8 Å². The van der Waals surface area contributed by atoms with Gasteiger partial charge < -0.3 is 15.8 Å². The van der Waals surface area contributed by atoms with Crippen LogP contribution in [0.1, 0.15) is 60.3 Å². The molecule has 0 radical (unpaired) electrons. The van der Waals surface area contributed by atoms with Gasteiger partial charge in [-0.15, -0.1) is 0 Å². The number of hydrogen-bond acceptors (Lipinski definition) is 5. The van der Waals surface area contributed by atoms with Crippen molar-refractivity contribution in [3.05, 3.63) is 71.8 Å². The van der Waals surface area contributed by atoms with E-state index in [1.54, 1.807) is 23.3 Å². The summed E-state index contributed by atoms with van der Waals surface area (Å²) in [6.07, 6.45) is 11.2. The number of pyridine rings is 1. The van der Waals surface area contributed by atoms with Gasteiger partial charge in [0, 0.05) is 36.8 Å². The Morgan fingerprint density at radius 2 is 2.12 bits per heavy atom. The van der Waals surface area contributed by atoms with Crippen LogP contribution < -0.4 is 11.1 Å². The highest BCUT2D eigenvalue weighted by molar-refractivity contribution is 5.95. The van der Waals surface area contributed by atoms with Crippen molar-refractivity contribution in [2.45, 2.75) is 57.4 Å². The highest BCUT2D eigenvalue weighted by Gasteiger charge is 2.31. The highest BCUT2D eigenvalue weighted by Crippen LogP contribution is 2.27. The van der Waals surface area contributed by atoms with Gasteiger partial charge in [-0.1, -0.05) is 37.6 Å². The van der Waals surface area contributed by atoms with Crippen molar-refractivity contribution >= 4 is 5.91 Å². The van der Waals surface area contributed by atoms with Gasteiger partial charge in [-0.25, -0.2) is 0 Å². The van der Waals surface area contributed by atoms with Gasteiger partial charge in [-0.2, -0.15) is 5.10 Å². The fraction of sp³-hybridized carbons (Fsp3) is 0.400. The summed E-state index contributed by atoms with van der Waals surface area (Å²) >= 11 is 0. The van der Waals surface area contributed by atoms with Crippen molar-refractivity contribution in [2.75, 3.05) is 0 Å². The third-order valence-corrected chi connectivity index (χ3v) is 5.95. The Morgan fingerprint density at radius 3 is 2.91 bits per heavy atom. The van der Waals surface area contributed by atoms with Crippen LogP contribution in [-0.2, 0) is 18.2 Å². The highest BCUT2D eigenvalue weighted by atomic mass is 16.5. The topological polar surface area (TPSA) is 95.1 Å². The van der Waals surface area contributed by atoms with Gasteiger partial charge in [-0.05, 0) is 42.9 Å². The summed E-state index contributed by atoms with van der Waals surface area (Å²) in [5, 5.41) is 7.33. The van der Waals surface area contributed by atoms with Crippen LogP contribution >= 0.6 is 0 Å². The van der Waals surface area contributed by atoms with Crippen molar-refractivity contribution in [3.8, 4) is 11.1 Å². The van der Waals surface area contributed by atoms with Gasteiger partial charge in [-0.3, -0.25) is 14.5 Å². The molecule has 3 atom stereocenters. The van der Waals surface area contributed by atoms with Crippen LogP contribution in [0.3, 0.4) is 0 Å². The molecule has 2 aromatic heterocycles. The molecule has 1 amide bonds. The van der Waals surface area contributed by atoms with E-state index in [0.29, 0.717) is 5.56 Å². The van der Waals surface area contributed by atoms with Crippen LogP contribution in [0.25, 0.3) is 11.1 Å². The Morgan fingerprint density at radius 1 is 1.25 bits per heavy atom. The molecule has 1 saturated carbocycles. The molecule has 1 aliphatic rings. The number of carbonyl (C=O) groups is 1. The maximum atomic E-state index is 12.9. The minimum absolute atomic E-state index is 0.0746. The molecule has 7 heteroatoms. The molecule has 1 aromatic carbocycles. The maximum absolute atomic E-state index is 12.9. The van der Waals surface area contributed by atoms with E-state index in [1.165, 1.54) is 5.56 Å². The zero-order chi connectivity index (χ0) is 22.5. The average Bonchev–Trinajstić information content (AvgIpc) is 3.43. The number of ether oxygens (including phenoxy) is 1. The number of nitrogens with one attached hydrogen (secondary N) is 1. The fourth-order valence-corrected chi connectivity index (χ4v) is 4.28. The number of nitrogens with zero attached hydrogens (tertiary/aromatic N) is 3. The lowest BCUT2D eigenvalue weighted by Crippen LogP contribution is -2.42. The number of aryl methyl sites for hydroxylation is 2. The molecule has 4 rings (SSSR count). The Hall–Kier alpha value is -3.03. The molecule has 1 fully saturated rings. The Bertz CT molecular complexity index is 1060. The second-order valence-electron chi connectivity index (χ2n) is 8.47. The van der Waals surface area contributed by atoms with E-state index >= 15 is 0 Å². The van der Waals surface area contributed by atoms with Gasteiger partial charge in [0.1, 0.15) is 6.23 Å². The summed E-state index contributed by atoms with van der Waals surface area (Å²) in [5.74, 6) is -0.151. The monoisotopic (exact) mass is 433 g/mol. The molecule has 3 aromatic rings. The van der Waals surface area contributed by atoms with E-state index in [9.17, 15) is 4.79 Å². The summed E-state index contributed by atoms with van der Waals surface area (Å²) in [6, 6.07) is 10.0. The van der Waals surface area contributed by atoms with Crippen molar-refractivity contribution < 1.29 is 9.53 Å². The second-order valence-corrected chi connectivity index (χ2v) is 8.47. The van der Waals surface area contributed by atoms with Crippen LogP contribution in [0.4, 0.5) is 0 Å². The second kappa shape index (κ2) is 10.1. The SMILES string of the molecule is CCCc1cccc(C(N)O[C@H]2CCC[C@@H]2NC(=O)c2cncc(-c3cnn(C)c3)c2)c1. The van der Waals surface area contributed by atoms with Crippen molar-refractivity contribution in [2.24, 2.45) is 12.8 Å². The summed E-state index contributed by atoms with van der Waals surface area (Å²) in [4.78, 5) is 17.2. The third kappa shape index (κ3) is 5.23. The number of amides is 1. The van der Waals surface area contributed by atoms with E-state index in [-0.39, 0.29) is 18.1 Å². The average molecular weight is 434 g/mol. The number of carbonyl (C=O) groups excluding carboxylic acids is 1. The first-order chi connectivity index (χ1) is 15.5. The van der Waals surface area contributed by atoms with Crippen molar-refractivity contribution in [1.29, 1.82) is 0 Å². The predicted octanol–water partition coefficient (Wildman–Crippen LogP) is 3.76. The van der Waals surface area contributed by atoms with Crippen LogP contribution in [0.5, 0.6) is 0 Å². The largest absolute Gasteiger partial charge is 0.354 e. The molecule has 3 N–H and O–H groups in total. The van der Waals surface area contributed by atoms with Crippen LogP contribution in [0, 0.1) is 0 Å². The van der Waals surface area contributed by atoms with Crippen molar-refractivity contribution in [3.63, 3.8) is 0 Å². The zero-order valence-corrected chi connectivity index (χ0v) is 18.7. The quantitative estimate of drug-likeness (QED) is 0.528. The van der Waals surface area contributed by atoms with Gasteiger partial charge >= 0.3 is 0 Å². The minimum atomic E-state index is -0.509. The molecule has 0 spiro atoms. The molecule has 0 bridgehead atoms. The van der Waals surface area contributed by atoms with E-state index < -0.39 is 6.23 Å². The fourth-order valence-electron chi connectivity index (χ4n) is 4.28. The third-order valence-electron chi connectivity index (χ3n) is 5.95. The van der Waals surface area contributed by atoms with Crippen LogP contribution in [0.15, 0.2) is 55.1 Å². The number of rotatable bonds is 8. The van der Waals surface area contributed by atoms with E-state index in [1.807, 2.05) is 31.4 Å². The summed E-state index contributed by atoms with van der Waals surface area (Å²) in [7, 11) is 1.86. The lowest BCUT2D eigenvalue weighted by atomic mass is 10.1. The number of benzene rings is 1. The Labute approximate surface area is 189 Å². The molecule has 0 saturated heterocycles.